The van der Waals surface area contributed by atoms with Crippen molar-refractivity contribution in [1.82, 2.24) is 0 Å². The predicted molar refractivity (Wildman–Crippen MR) is 77.1 cm³/mol. The van der Waals surface area contributed by atoms with Gasteiger partial charge < -0.3 is 14.6 Å². The fourth-order valence-corrected chi connectivity index (χ4v) is 2.51. The highest BCUT2D eigenvalue weighted by Gasteiger charge is 2.23. The summed E-state index contributed by atoms with van der Waals surface area (Å²) >= 11 is 0. The molecule has 1 aliphatic heterocycles. The largest absolute Gasteiger partial charge is 0.489 e. The van der Waals surface area contributed by atoms with Crippen molar-refractivity contribution in [2.24, 2.45) is 0 Å². The minimum Gasteiger partial charge on any atom is -0.489 e. The van der Waals surface area contributed by atoms with Crippen molar-refractivity contribution < 1.29 is 19.0 Å². The number of aliphatic hydroxyl groups excluding tert-OH is 1. The van der Waals surface area contributed by atoms with E-state index in [1.807, 2.05) is 24.3 Å². The van der Waals surface area contributed by atoms with Crippen molar-refractivity contribution in [3.05, 3.63) is 59.4 Å². The van der Waals surface area contributed by atoms with Crippen molar-refractivity contribution in [1.29, 1.82) is 0 Å². The lowest BCUT2D eigenvalue weighted by molar-refractivity contribution is 0.141. The maximum Gasteiger partial charge on any atom is 0.137 e. The van der Waals surface area contributed by atoms with Crippen LogP contribution in [0.5, 0.6) is 11.5 Å². The van der Waals surface area contributed by atoms with Gasteiger partial charge in [0.1, 0.15) is 30.0 Å². The molecule has 1 N–H and O–H groups in total. The van der Waals surface area contributed by atoms with Crippen LogP contribution in [0, 0.1) is 5.82 Å². The van der Waals surface area contributed by atoms with Crippen LogP contribution in [0.1, 0.15) is 24.2 Å². The van der Waals surface area contributed by atoms with E-state index in [-0.39, 0.29) is 11.9 Å². The van der Waals surface area contributed by atoms with Crippen LogP contribution >= 0.6 is 0 Å². The number of halogens is 1. The topological polar surface area (TPSA) is 38.7 Å². The molecule has 0 bridgehead atoms. The molecule has 2 aromatic rings. The average molecular weight is 288 g/mol. The molecule has 0 spiro atoms. The summed E-state index contributed by atoms with van der Waals surface area (Å²) in [6.45, 7) is 1.94. The van der Waals surface area contributed by atoms with E-state index in [0.717, 1.165) is 17.7 Å². The van der Waals surface area contributed by atoms with Gasteiger partial charge in [0.05, 0.1) is 6.10 Å². The molecule has 0 radical (unpaired) electrons. The van der Waals surface area contributed by atoms with Gasteiger partial charge in [0.15, 0.2) is 0 Å². The molecular weight excluding hydrogens is 271 g/mol. The highest BCUT2D eigenvalue weighted by molar-refractivity contribution is 5.38. The summed E-state index contributed by atoms with van der Waals surface area (Å²) in [6.07, 6.45) is -0.0232. The Kier molecular flexibility index (Phi) is 3.80. The van der Waals surface area contributed by atoms with Gasteiger partial charge >= 0.3 is 0 Å². The van der Waals surface area contributed by atoms with Crippen LogP contribution in [-0.2, 0) is 6.42 Å². The molecule has 3 rings (SSSR count). The number of fused-ring (bicyclic) bond motifs is 1. The number of ether oxygens (including phenoxy) is 2. The summed E-state index contributed by atoms with van der Waals surface area (Å²) in [5.74, 6) is 0.857. The average Bonchev–Trinajstić information content (AvgIpc) is 2.87. The quantitative estimate of drug-likeness (QED) is 0.938. The molecule has 1 heterocycles. The molecule has 2 aromatic carbocycles. The number of rotatable bonds is 4. The van der Waals surface area contributed by atoms with Gasteiger partial charge in [-0.1, -0.05) is 18.2 Å². The Hall–Kier alpha value is -2.07. The second-order valence-corrected chi connectivity index (χ2v) is 5.22. The molecule has 0 amide bonds. The minimum absolute atomic E-state index is 0.0903. The van der Waals surface area contributed by atoms with Gasteiger partial charge in [-0.3, -0.25) is 0 Å². The van der Waals surface area contributed by atoms with Crippen molar-refractivity contribution >= 4 is 0 Å². The highest BCUT2D eigenvalue weighted by Crippen LogP contribution is 2.30. The first kappa shape index (κ1) is 13.9. The SMILES string of the molecule is C[C@H](O)c1ccc(F)cc1OCC1Cc2ccccc2O1. The Morgan fingerprint density at radius 2 is 2.14 bits per heavy atom. The summed E-state index contributed by atoms with van der Waals surface area (Å²) in [6, 6.07) is 12.0. The first-order valence-corrected chi connectivity index (χ1v) is 6.98. The zero-order valence-electron chi connectivity index (χ0n) is 11.8. The predicted octanol–water partition coefficient (Wildman–Crippen LogP) is 3.26. The van der Waals surface area contributed by atoms with E-state index in [1.165, 1.54) is 12.1 Å². The number of benzene rings is 2. The second-order valence-electron chi connectivity index (χ2n) is 5.22. The fourth-order valence-electron chi connectivity index (χ4n) is 2.51. The Morgan fingerprint density at radius 1 is 1.33 bits per heavy atom. The molecule has 3 nitrogen and oxygen atoms in total. The molecule has 4 heteroatoms. The molecular formula is C17H17FO3. The molecule has 21 heavy (non-hydrogen) atoms. The first-order chi connectivity index (χ1) is 10.1. The van der Waals surface area contributed by atoms with Crippen molar-refractivity contribution in [3.63, 3.8) is 0 Å². The molecule has 0 aromatic heterocycles. The van der Waals surface area contributed by atoms with E-state index in [1.54, 1.807) is 13.0 Å². The van der Waals surface area contributed by atoms with Gasteiger partial charge in [0.2, 0.25) is 0 Å². The van der Waals surface area contributed by atoms with E-state index >= 15 is 0 Å². The molecule has 1 aliphatic rings. The van der Waals surface area contributed by atoms with E-state index in [0.29, 0.717) is 17.9 Å². The Balaban J connectivity index is 1.68. The van der Waals surface area contributed by atoms with Gasteiger partial charge in [0.25, 0.3) is 0 Å². The van der Waals surface area contributed by atoms with Crippen molar-refractivity contribution in [2.75, 3.05) is 6.61 Å². The third kappa shape index (κ3) is 3.00. The van der Waals surface area contributed by atoms with Gasteiger partial charge in [-0.05, 0) is 30.7 Å². The molecule has 1 unspecified atom stereocenters. The van der Waals surface area contributed by atoms with E-state index in [2.05, 4.69) is 0 Å². The van der Waals surface area contributed by atoms with Crippen LogP contribution < -0.4 is 9.47 Å². The van der Waals surface area contributed by atoms with E-state index < -0.39 is 6.10 Å². The van der Waals surface area contributed by atoms with E-state index in [9.17, 15) is 9.50 Å². The number of aliphatic hydroxyl groups is 1. The third-order valence-electron chi connectivity index (χ3n) is 3.56. The normalized spacial score (nSPS) is 18.0. The number of hydrogen-bond acceptors (Lipinski definition) is 3. The lowest BCUT2D eigenvalue weighted by Crippen LogP contribution is -2.22. The molecule has 0 fully saturated rings. The minimum atomic E-state index is -0.706. The van der Waals surface area contributed by atoms with Gasteiger partial charge in [0, 0.05) is 18.1 Å². The summed E-state index contributed by atoms with van der Waals surface area (Å²) in [5.41, 5.74) is 1.73. The van der Waals surface area contributed by atoms with Crippen molar-refractivity contribution in [2.45, 2.75) is 25.6 Å². The van der Waals surface area contributed by atoms with Crippen LogP contribution in [0.2, 0.25) is 0 Å². The molecule has 2 atom stereocenters. The van der Waals surface area contributed by atoms with Gasteiger partial charge in [-0.25, -0.2) is 4.39 Å². The highest BCUT2D eigenvalue weighted by atomic mass is 19.1. The number of hydrogen-bond donors (Lipinski definition) is 1. The zero-order chi connectivity index (χ0) is 14.8. The zero-order valence-corrected chi connectivity index (χ0v) is 11.8. The standard InChI is InChI=1S/C17H17FO3/c1-11(19)15-7-6-13(18)9-17(15)20-10-14-8-12-4-2-3-5-16(12)21-14/h2-7,9,11,14,19H,8,10H2,1H3/t11-,14?/m0/s1. The van der Waals surface area contributed by atoms with Crippen molar-refractivity contribution in [3.8, 4) is 11.5 Å². The van der Waals surface area contributed by atoms with Crippen LogP contribution in [-0.4, -0.2) is 17.8 Å². The monoisotopic (exact) mass is 288 g/mol. The molecule has 0 saturated heterocycles. The Morgan fingerprint density at radius 3 is 2.90 bits per heavy atom. The second kappa shape index (κ2) is 5.74. The molecule has 110 valence electrons. The molecule has 0 saturated carbocycles. The summed E-state index contributed by atoms with van der Waals surface area (Å²) in [5, 5.41) is 9.70. The van der Waals surface area contributed by atoms with E-state index in [4.69, 9.17) is 9.47 Å². The summed E-state index contributed by atoms with van der Waals surface area (Å²) in [4.78, 5) is 0. The van der Waals surface area contributed by atoms with Gasteiger partial charge in [-0.15, -0.1) is 0 Å². The van der Waals surface area contributed by atoms with Crippen LogP contribution in [0.4, 0.5) is 4.39 Å². The summed E-state index contributed by atoms with van der Waals surface area (Å²) < 4.78 is 24.8. The maximum atomic E-state index is 13.3. The lowest BCUT2D eigenvalue weighted by atomic mass is 10.1. The van der Waals surface area contributed by atoms with Crippen LogP contribution in [0.15, 0.2) is 42.5 Å². The third-order valence-corrected chi connectivity index (χ3v) is 3.56. The Bertz CT molecular complexity index is 615. The van der Waals surface area contributed by atoms with Crippen LogP contribution in [0.3, 0.4) is 0 Å². The fraction of sp³-hybridized carbons (Fsp3) is 0.294. The Labute approximate surface area is 122 Å². The molecule has 0 aliphatic carbocycles. The smallest absolute Gasteiger partial charge is 0.137 e. The summed E-state index contributed by atoms with van der Waals surface area (Å²) in [7, 11) is 0. The maximum absolute atomic E-state index is 13.3. The number of para-hydroxylation sites is 1. The van der Waals surface area contributed by atoms with Crippen LogP contribution in [0.25, 0.3) is 0 Å². The lowest BCUT2D eigenvalue weighted by Gasteiger charge is -2.16. The first-order valence-electron chi connectivity index (χ1n) is 6.98. The van der Waals surface area contributed by atoms with Gasteiger partial charge in [-0.2, -0.15) is 0 Å².